The Labute approximate surface area is 61.3 Å². The molecule has 0 unspecified atom stereocenters. The van der Waals surface area contributed by atoms with Gasteiger partial charge in [0, 0.05) is 6.42 Å². The first-order chi connectivity index (χ1) is 4.66. The molecule has 2 rings (SSSR count). The van der Waals surface area contributed by atoms with Crippen molar-refractivity contribution in [1.82, 2.24) is 0 Å². The maximum Gasteiger partial charge on any atom is 0.139 e. The first-order valence-electron chi connectivity index (χ1n) is 3.52. The fourth-order valence-corrected chi connectivity index (χ4v) is 1.58. The average molecular weight is 139 g/mol. The van der Waals surface area contributed by atoms with Gasteiger partial charge >= 0.3 is 0 Å². The Hall–Kier alpha value is -0.0551. The van der Waals surface area contributed by atoms with Crippen LogP contribution in [0.15, 0.2) is 0 Å². The predicted molar refractivity (Wildman–Crippen MR) is 36.5 cm³/mol. The highest BCUT2D eigenvalue weighted by Crippen LogP contribution is 2.40. The van der Waals surface area contributed by atoms with Gasteiger partial charge in [0.2, 0.25) is 0 Å². The van der Waals surface area contributed by atoms with E-state index >= 15 is 0 Å². The van der Waals surface area contributed by atoms with Crippen molar-refractivity contribution in [2.75, 3.05) is 13.2 Å². The minimum Gasteiger partial charge on any atom is -0.380 e. The van der Waals surface area contributed by atoms with E-state index in [1.54, 1.807) is 0 Å². The summed E-state index contributed by atoms with van der Waals surface area (Å²) >= 11 is 0. The van der Waals surface area contributed by atoms with Crippen molar-refractivity contribution in [3.05, 3.63) is 0 Å². The Morgan fingerprint density at radius 1 is 1.20 bits per heavy atom. The highest BCUT2D eigenvalue weighted by molar-refractivity contribution is 6.15. The molecule has 2 fully saturated rings. The van der Waals surface area contributed by atoms with E-state index in [0.717, 1.165) is 0 Å². The molecule has 10 heavy (non-hydrogen) atoms. The van der Waals surface area contributed by atoms with Crippen LogP contribution in [0, 0.1) is 0 Å². The summed E-state index contributed by atoms with van der Waals surface area (Å²) in [6.45, 7) is 1.24. The third-order valence-electron chi connectivity index (χ3n) is 2.38. The molecule has 0 aromatic heterocycles. The second-order valence-electron chi connectivity index (χ2n) is 2.98. The Kier molecular flexibility index (Phi) is 1.16. The van der Waals surface area contributed by atoms with Gasteiger partial charge in [-0.3, -0.25) is 0 Å². The summed E-state index contributed by atoms with van der Waals surface area (Å²) < 4.78 is 10.6. The first-order valence-corrected chi connectivity index (χ1v) is 3.52. The van der Waals surface area contributed by atoms with Gasteiger partial charge in [0.15, 0.2) is 0 Å². The minimum absolute atomic E-state index is 0.618. The van der Waals surface area contributed by atoms with Crippen molar-refractivity contribution < 1.29 is 9.47 Å². The summed E-state index contributed by atoms with van der Waals surface area (Å²) in [6, 6.07) is 0. The molecule has 2 saturated heterocycles. The van der Waals surface area contributed by atoms with Crippen LogP contribution in [0.5, 0.6) is 0 Å². The van der Waals surface area contributed by atoms with Gasteiger partial charge in [0.25, 0.3) is 0 Å². The Morgan fingerprint density at radius 2 is 1.90 bits per heavy atom. The van der Waals surface area contributed by atoms with Crippen LogP contribution in [0.2, 0.25) is 0 Å². The summed E-state index contributed by atoms with van der Waals surface area (Å²) in [4.78, 5) is 0. The van der Waals surface area contributed by atoms with Crippen molar-refractivity contribution >= 4 is 7.85 Å². The zero-order chi connectivity index (χ0) is 7.24. The van der Waals surface area contributed by atoms with Gasteiger partial charge in [-0.15, -0.1) is 0 Å². The highest BCUT2D eigenvalue weighted by atomic mass is 16.6. The highest BCUT2D eigenvalue weighted by Gasteiger charge is 2.54. The molecule has 2 radical (unpaired) electrons. The maximum atomic E-state index is 5.83. The zero-order valence-corrected chi connectivity index (χ0v) is 5.80. The van der Waals surface area contributed by atoms with Crippen molar-refractivity contribution in [2.24, 2.45) is 5.73 Å². The molecule has 0 aromatic rings. The summed E-state index contributed by atoms with van der Waals surface area (Å²) in [5, 5.41) is 0. The molecule has 54 valence electrons. The third-order valence-corrected chi connectivity index (χ3v) is 2.38. The molecule has 2 aliphatic heterocycles. The van der Waals surface area contributed by atoms with Gasteiger partial charge < -0.3 is 15.2 Å². The van der Waals surface area contributed by atoms with Crippen LogP contribution in [0.3, 0.4) is 0 Å². The van der Waals surface area contributed by atoms with E-state index < -0.39 is 11.2 Å². The Bertz CT molecular complexity index is 136. The zero-order valence-electron chi connectivity index (χ0n) is 5.80. The number of rotatable bonds is 0. The fourth-order valence-electron chi connectivity index (χ4n) is 1.58. The first kappa shape index (κ1) is 6.64. The van der Waals surface area contributed by atoms with E-state index in [0.29, 0.717) is 26.1 Å². The van der Waals surface area contributed by atoms with E-state index in [2.05, 4.69) is 0 Å². The lowest BCUT2D eigenvalue weighted by Crippen LogP contribution is -2.54. The van der Waals surface area contributed by atoms with Gasteiger partial charge in [0.05, 0.1) is 18.7 Å². The molecule has 4 heteroatoms. The number of hydrogen-bond acceptors (Lipinski definition) is 3. The third kappa shape index (κ3) is 0.616. The molecular weight excluding hydrogens is 129 g/mol. The SMILES string of the molecule is [B][C@@]12CCO[C@]1(N)CCO2. The van der Waals surface area contributed by atoms with Crippen LogP contribution in [-0.2, 0) is 9.47 Å². The molecule has 0 bridgehead atoms. The van der Waals surface area contributed by atoms with Gasteiger partial charge in [0.1, 0.15) is 13.6 Å². The van der Waals surface area contributed by atoms with Crippen LogP contribution in [0.25, 0.3) is 0 Å². The average Bonchev–Trinajstić information content (AvgIpc) is 2.20. The van der Waals surface area contributed by atoms with Gasteiger partial charge in [-0.1, -0.05) is 0 Å². The second-order valence-corrected chi connectivity index (χ2v) is 2.98. The number of hydrogen-bond donors (Lipinski definition) is 1. The number of ether oxygens (including phenoxy) is 2. The molecule has 0 amide bonds. The van der Waals surface area contributed by atoms with Gasteiger partial charge in [-0.2, -0.15) is 0 Å². The quantitative estimate of drug-likeness (QED) is 0.453. The minimum atomic E-state index is -0.701. The molecule has 3 nitrogen and oxygen atoms in total. The molecule has 2 heterocycles. The Balaban J connectivity index is 2.30. The lowest BCUT2D eigenvalue weighted by atomic mass is 9.73. The van der Waals surface area contributed by atoms with E-state index in [9.17, 15) is 0 Å². The normalized spacial score (nSPS) is 53.3. The molecule has 2 aliphatic rings. The van der Waals surface area contributed by atoms with Crippen molar-refractivity contribution in [1.29, 1.82) is 0 Å². The summed E-state index contributed by atoms with van der Waals surface area (Å²) in [6.07, 6.45) is 1.42. The number of nitrogens with two attached hydrogens (primary N) is 1. The molecule has 0 spiro atoms. The molecule has 0 aliphatic carbocycles. The summed E-state index contributed by atoms with van der Waals surface area (Å²) in [5.41, 5.74) is 4.42. The van der Waals surface area contributed by atoms with Gasteiger partial charge in [-0.25, -0.2) is 0 Å². The van der Waals surface area contributed by atoms with E-state index in [1.165, 1.54) is 0 Å². The van der Waals surface area contributed by atoms with Crippen LogP contribution >= 0.6 is 0 Å². The Morgan fingerprint density at radius 3 is 2.60 bits per heavy atom. The fraction of sp³-hybridized carbons (Fsp3) is 1.00. The van der Waals surface area contributed by atoms with Crippen molar-refractivity contribution in [3.63, 3.8) is 0 Å². The molecule has 2 N–H and O–H groups in total. The maximum absolute atomic E-state index is 5.83. The lowest BCUT2D eigenvalue weighted by Gasteiger charge is -2.30. The van der Waals surface area contributed by atoms with E-state index in [1.807, 2.05) is 0 Å². The summed E-state index contributed by atoms with van der Waals surface area (Å²) in [7, 11) is 5.83. The molecule has 0 aromatic carbocycles. The largest absolute Gasteiger partial charge is 0.380 e. The predicted octanol–water partition coefficient (Wildman–Crippen LogP) is -0.653. The molecule has 2 atom stereocenters. The summed E-state index contributed by atoms with van der Waals surface area (Å²) in [5.74, 6) is 0. The van der Waals surface area contributed by atoms with Crippen molar-refractivity contribution in [3.8, 4) is 0 Å². The van der Waals surface area contributed by atoms with Crippen LogP contribution in [0.4, 0.5) is 0 Å². The smallest absolute Gasteiger partial charge is 0.139 e. The second kappa shape index (κ2) is 1.75. The van der Waals surface area contributed by atoms with E-state index in [-0.39, 0.29) is 0 Å². The monoisotopic (exact) mass is 139 g/mol. The van der Waals surface area contributed by atoms with Crippen LogP contribution < -0.4 is 5.73 Å². The van der Waals surface area contributed by atoms with Crippen molar-refractivity contribution in [2.45, 2.75) is 24.1 Å². The number of fused-ring (bicyclic) bond motifs is 1. The molecule has 0 saturated carbocycles. The molecular formula is C6H10BNO2. The standard InChI is InChI=1S/C6H10BNO2/c7-5-1-3-10-6(5,8)2-4-9-5/h1-4,8H2/t5-,6-/m1/s1. The van der Waals surface area contributed by atoms with Gasteiger partial charge in [-0.05, 0) is 6.42 Å². The van der Waals surface area contributed by atoms with Crippen LogP contribution in [0.1, 0.15) is 12.8 Å². The lowest BCUT2D eigenvalue weighted by molar-refractivity contribution is -0.0365. The van der Waals surface area contributed by atoms with E-state index in [4.69, 9.17) is 23.1 Å². The topological polar surface area (TPSA) is 44.5 Å². The van der Waals surface area contributed by atoms with Crippen LogP contribution in [-0.4, -0.2) is 32.3 Å².